The number of nitrogens with one attached hydrogen (secondary N) is 1. The predicted molar refractivity (Wildman–Crippen MR) is 102 cm³/mol. The van der Waals surface area contributed by atoms with E-state index in [2.05, 4.69) is 4.98 Å². The van der Waals surface area contributed by atoms with Gasteiger partial charge in [-0.15, -0.1) is 0 Å². The van der Waals surface area contributed by atoms with E-state index in [0.29, 0.717) is 47.0 Å². The number of nitrogens with zero attached hydrogens (tertiary/aromatic N) is 1. The second-order valence-electron chi connectivity index (χ2n) is 6.09. The van der Waals surface area contributed by atoms with Crippen LogP contribution in [-0.2, 0) is 4.74 Å². The van der Waals surface area contributed by atoms with E-state index in [1.807, 2.05) is 30.3 Å². The number of pyridine rings is 1. The van der Waals surface area contributed by atoms with Crippen LogP contribution in [-0.4, -0.2) is 38.4 Å². The lowest BCUT2D eigenvalue weighted by atomic mass is 10.0. The molecule has 0 saturated carbocycles. The molecule has 0 aliphatic carbocycles. The minimum atomic E-state index is -0.402. The van der Waals surface area contributed by atoms with E-state index in [0.717, 1.165) is 5.39 Å². The topological polar surface area (TPSA) is 80.9 Å². The number of aromatic amines is 1. The normalized spacial score (nSPS) is 13.7. The number of ether oxygens (including phenoxy) is 3. The molecule has 27 heavy (non-hydrogen) atoms. The van der Waals surface area contributed by atoms with Crippen molar-refractivity contribution < 1.29 is 19.0 Å². The molecule has 2 aromatic carbocycles. The van der Waals surface area contributed by atoms with Gasteiger partial charge < -0.3 is 19.2 Å². The number of amides is 1. The van der Waals surface area contributed by atoms with Crippen LogP contribution in [0.2, 0.25) is 0 Å². The number of fused-ring (bicyclic) bond motifs is 1. The van der Waals surface area contributed by atoms with Gasteiger partial charge in [0.2, 0.25) is 0 Å². The third-order valence-corrected chi connectivity index (χ3v) is 4.60. The van der Waals surface area contributed by atoms with E-state index in [9.17, 15) is 9.59 Å². The Labute approximate surface area is 155 Å². The summed E-state index contributed by atoms with van der Waals surface area (Å²) in [5.41, 5.74) is 1.65. The summed E-state index contributed by atoms with van der Waals surface area (Å²) in [7, 11) is 3.14. The number of carbonyl (C=O) groups excluding carboxylic acids is 1. The summed E-state index contributed by atoms with van der Waals surface area (Å²) in [4.78, 5) is 28.9. The highest BCUT2D eigenvalue weighted by molar-refractivity contribution is 5.95. The molecule has 1 aliphatic heterocycles. The average molecular weight is 366 g/mol. The molecule has 0 atom stereocenters. The maximum absolute atomic E-state index is 12.7. The van der Waals surface area contributed by atoms with E-state index >= 15 is 0 Å². The largest absolute Gasteiger partial charge is 0.496 e. The average Bonchev–Trinajstić information content (AvgIpc) is 3.12. The van der Waals surface area contributed by atoms with E-state index < -0.39 is 6.09 Å². The number of carbonyl (C=O) groups is 1. The highest BCUT2D eigenvalue weighted by Gasteiger charge is 2.24. The first kappa shape index (κ1) is 17.0. The quantitative estimate of drug-likeness (QED) is 0.767. The minimum Gasteiger partial charge on any atom is -0.496 e. The summed E-state index contributed by atoms with van der Waals surface area (Å²) in [6.45, 7) is 0.818. The zero-order chi connectivity index (χ0) is 19.0. The summed E-state index contributed by atoms with van der Waals surface area (Å²) in [6.07, 6.45) is -0.402. The smallest absolute Gasteiger partial charge is 0.414 e. The van der Waals surface area contributed by atoms with Crippen molar-refractivity contribution in [2.45, 2.75) is 0 Å². The van der Waals surface area contributed by atoms with Gasteiger partial charge in [-0.05, 0) is 35.7 Å². The Bertz CT molecular complexity index is 1070. The van der Waals surface area contributed by atoms with Crippen molar-refractivity contribution in [1.82, 2.24) is 4.98 Å². The fraction of sp³-hybridized carbons (Fsp3) is 0.200. The Hall–Kier alpha value is -3.48. The zero-order valence-electron chi connectivity index (χ0n) is 14.9. The molecule has 7 nitrogen and oxygen atoms in total. The second-order valence-corrected chi connectivity index (χ2v) is 6.09. The highest BCUT2D eigenvalue weighted by Crippen LogP contribution is 2.37. The van der Waals surface area contributed by atoms with E-state index in [1.54, 1.807) is 26.4 Å². The Balaban J connectivity index is 1.87. The van der Waals surface area contributed by atoms with E-state index in [4.69, 9.17) is 14.2 Å². The molecule has 0 radical (unpaired) electrons. The number of methoxy groups -OCH3 is 2. The molecular formula is C20H18N2O5. The molecule has 3 aromatic rings. The van der Waals surface area contributed by atoms with Crippen molar-refractivity contribution in [2.75, 3.05) is 32.3 Å². The molecule has 1 aliphatic rings. The van der Waals surface area contributed by atoms with Gasteiger partial charge in [0, 0.05) is 11.1 Å². The molecule has 2 heterocycles. The van der Waals surface area contributed by atoms with Crippen LogP contribution in [0.15, 0.2) is 47.3 Å². The lowest BCUT2D eigenvalue weighted by Gasteiger charge is -2.15. The molecule has 1 fully saturated rings. The summed E-state index contributed by atoms with van der Waals surface area (Å²) in [5, 5.41) is 1.24. The van der Waals surface area contributed by atoms with Gasteiger partial charge in [0.25, 0.3) is 5.56 Å². The van der Waals surface area contributed by atoms with Crippen LogP contribution >= 0.6 is 0 Å². The van der Waals surface area contributed by atoms with Crippen LogP contribution in [0.5, 0.6) is 11.5 Å². The molecule has 1 amide bonds. The molecule has 0 spiro atoms. The van der Waals surface area contributed by atoms with Crippen LogP contribution in [0.4, 0.5) is 10.5 Å². The summed E-state index contributed by atoms with van der Waals surface area (Å²) >= 11 is 0. The molecule has 1 N–H and O–H groups in total. The van der Waals surface area contributed by atoms with Crippen molar-refractivity contribution in [1.29, 1.82) is 0 Å². The molecule has 0 bridgehead atoms. The number of hydrogen-bond donors (Lipinski definition) is 1. The molecule has 4 rings (SSSR count). The van der Waals surface area contributed by atoms with E-state index in [-0.39, 0.29) is 5.56 Å². The Kier molecular flexibility index (Phi) is 4.19. The van der Waals surface area contributed by atoms with Crippen molar-refractivity contribution in [3.8, 4) is 22.8 Å². The summed E-state index contributed by atoms with van der Waals surface area (Å²) < 4.78 is 15.8. The van der Waals surface area contributed by atoms with Crippen molar-refractivity contribution in [3.63, 3.8) is 0 Å². The Morgan fingerprint density at radius 2 is 1.78 bits per heavy atom. The minimum absolute atomic E-state index is 0.259. The lowest BCUT2D eigenvalue weighted by Crippen LogP contribution is -2.23. The first-order chi connectivity index (χ1) is 13.1. The van der Waals surface area contributed by atoms with Crippen LogP contribution in [0.25, 0.3) is 22.0 Å². The molecule has 0 unspecified atom stereocenters. The van der Waals surface area contributed by atoms with Gasteiger partial charge in [-0.25, -0.2) is 4.79 Å². The van der Waals surface area contributed by atoms with Gasteiger partial charge in [0.05, 0.1) is 32.0 Å². The van der Waals surface area contributed by atoms with Crippen molar-refractivity contribution in [2.24, 2.45) is 0 Å². The monoisotopic (exact) mass is 366 g/mol. The highest BCUT2D eigenvalue weighted by atomic mass is 16.6. The number of rotatable bonds is 4. The number of aromatic nitrogens is 1. The maximum atomic E-state index is 12.7. The van der Waals surface area contributed by atoms with Gasteiger partial charge in [-0.2, -0.15) is 0 Å². The van der Waals surface area contributed by atoms with Gasteiger partial charge in [0.15, 0.2) is 0 Å². The second kappa shape index (κ2) is 6.68. The number of benzene rings is 2. The van der Waals surface area contributed by atoms with Crippen LogP contribution < -0.4 is 19.9 Å². The first-order valence-corrected chi connectivity index (χ1v) is 8.45. The standard InChI is InChI=1S/C20H18N2O5/c1-25-16-4-3-5-17(26-2)18(16)15-10-12-6-7-13(11-14(12)19(23)21-15)22-8-9-27-20(22)24/h3-7,10-11H,8-9H2,1-2H3,(H,21,23). The van der Waals surface area contributed by atoms with Crippen LogP contribution in [0.3, 0.4) is 0 Å². The fourth-order valence-electron chi connectivity index (χ4n) is 3.30. The van der Waals surface area contributed by atoms with Gasteiger partial charge in [-0.3, -0.25) is 9.69 Å². The third kappa shape index (κ3) is 2.87. The Morgan fingerprint density at radius 3 is 2.41 bits per heavy atom. The first-order valence-electron chi connectivity index (χ1n) is 8.45. The summed E-state index contributed by atoms with van der Waals surface area (Å²) in [5.74, 6) is 1.20. The molecule has 1 aromatic heterocycles. The third-order valence-electron chi connectivity index (χ3n) is 4.60. The van der Waals surface area contributed by atoms with E-state index in [1.165, 1.54) is 4.90 Å². The van der Waals surface area contributed by atoms with Gasteiger partial charge in [0.1, 0.15) is 18.1 Å². The lowest BCUT2D eigenvalue weighted by molar-refractivity contribution is 0.181. The predicted octanol–water partition coefficient (Wildman–Crippen LogP) is 3.17. The summed E-state index contributed by atoms with van der Waals surface area (Å²) in [6, 6.07) is 12.6. The number of cyclic esters (lactones) is 1. The molecule has 138 valence electrons. The number of H-pyrrole nitrogens is 1. The van der Waals surface area contributed by atoms with Gasteiger partial charge >= 0.3 is 6.09 Å². The van der Waals surface area contributed by atoms with Crippen molar-refractivity contribution >= 4 is 22.6 Å². The SMILES string of the molecule is COc1cccc(OC)c1-c1cc2ccc(N3CCOC3=O)cc2c(=O)[nH]1. The Morgan fingerprint density at radius 1 is 1.04 bits per heavy atom. The number of anilines is 1. The molecular weight excluding hydrogens is 348 g/mol. The van der Waals surface area contributed by atoms with Crippen LogP contribution in [0.1, 0.15) is 0 Å². The molecule has 1 saturated heterocycles. The maximum Gasteiger partial charge on any atom is 0.414 e. The zero-order valence-corrected chi connectivity index (χ0v) is 14.9. The van der Waals surface area contributed by atoms with Crippen LogP contribution in [0, 0.1) is 0 Å². The molecule has 7 heteroatoms. The fourth-order valence-corrected chi connectivity index (χ4v) is 3.30. The number of hydrogen-bond acceptors (Lipinski definition) is 5. The van der Waals surface area contributed by atoms with Gasteiger partial charge in [-0.1, -0.05) is 12.1 Å². The van der Waals surface area contributed by atoms with Crippen molar-refractivity contribution in [3.05, 3.63) is 52.8 Å².